The minimum atomic E-state index is -4.29. The van der Waals surface area contributed by atoms with Crippen LogP contribution >= 0.6 is 27.3 Å². The number of likely N-dealkylation sites (N-methyl/N-ethyl adjacent to an activating group) is 1. The zero-order chi connectivity index (χ0) is 14.8. The van der Waals surface area contributed by atoms with Crippen molar-refractivity contribution in [2.45, 2.75) is 18.6 Å². The van der Waals surface area contributed by atoms with Crippen LogP contribution in [0.3, 0.4) is 0 Å². The molecular formula is C14H13BrF3NS. The van der Waals surface area contributed by atoms with E-state index in [9.17, 15) is 13.2 Å². The second-order valence-electron chi connectivity index (χ2n) is 4.40. The fraction of sp³-hybridized carbons (Fsp3) is 0.286. The second kappa shape index (κ2) is 6.28. The average molecular weight is 364 g/mol. The summed E-state index contributed by atoms with van der Waals surface area (Å²) in [6.45, 7) is 0. The van der Waals surface area contributed by atoms with Crippen molar-refractivity contribution in [1.29, 1.82) is 0 Å². The molecule has 108 valence electrons. The van der Waals surface area contributed by atoms with Gasteiger partial charge in [0.25, 0.3) is 0 Å². The molecule has 1 N–H and O–H groups in total. The van der Waals surface area contributed by atoms with E-state index in [1.165, 1.54) is 17.0 Å². The van der Waals surface area contributed by atoms with Crippen LogP contribution in [0.5, 0.6) is 0 Å². The Balaban J connectivity index is 2.15. The smallest absolute Gasteiger partial charge is 0.313 e. The summed E-state index contributed by atoms with van der Waals surface area (Å²) in [6, 6.07) is 7.36. The number of rotatable bonds is 4. The molecule has 0 spiro atoms. The van der Waals surface area contributed by atoms with Crippen LogP contribution in [0.25, 0.3) is 0 Å². The van der Waals surface area contributed by atoms with E-state index in [-0.39, 0.29) is 6.04 Å². The van der Waals surface area contributed by atoms with Crippen molar-refractivity contribution in [3.63, 3.8) is 0 Å². The first-order chi connectivity index (χ1) is 9.40. The number of halogens is 4. The zero-order valence-corrected chi connectivity index (χ0v) is 13.1. The van der Waals surface area contributed by atoms with Crippen molar-refractivity contribution in [3.8, 4) is 0 Å². The van der Waals surface area contributed by atoms with Gasteiger partial charge in [0.15, 0.2) is 0 Å². The van der Waals surface area contributed by atoms with Gasteiger partial charge in [-0.15, -0.1) is 11.3 Å². The van der Waals surface area contributed by atoms with E-state index in [4.69, 9.17) is 0 Å². The molecule has 1 aromatic carbocycles. The van der Waals surface area contributed by atoms with Gasteiger partial charge in [-0.1, -0.05) is 12.1 Å². The SMILES string of the molecule is CNC(Cc1cc(Br)cs1)c1ccc(C(F)(F)F)cc1. The summed E-state index contributed by atoms with van der Waals surface area (Å²) in [4.78, 5) is 1.18. The van der Waals surface area contributed by atoms with Crippen LogP contribution in [0.15, 0.2) is 40.2 Å². The standard InChI is InChI=1S/C14H13BrF3NS/c1-19-13(7-12-6-11(15)8-20-12)9-2-4-10(5-3-9)14(16,17)18/h2-6,8,13,19H,7H2,1H3. The van der Waals surface area contributed by atoms with Crippen LogP contribution in [0, 0.1) is 0 Å². The first kappa shape index (κ1) is 15.5. The Hall–Kier alpha value is -0.850. The molecule has 0 saturated heterocycles. The Labute approximate surface area is 128 Å². The molecule has 0 fully saturated rings. The third kappa shape index (κ3) is 3.84. The maximum atomic E-state index is 12.5. The third-order valence-electron chi connectivity index (χ3n) is 3.02. The number of alkyl halides is 3. The van der Waals surface area contributed by atoms with Gasteiger partial charge in [0, 0.05) is 27.2 Å². The molecule has 2 aromatic rings. The van der Waals surface area contributed by atoms with E-state index in [1.54, 1.807) is 11.3 Å². The van der Waals surface area contributed by atoms with E-state index < -0.39 is 11.7 Å². The molecule has 1 unspecified atom stereocenters. The molecule has 0 aliphatic carbocycles. The first-order valence-electron chi connectivity index (χ1n) is 5.97. The fourth-order valence-corrected chi connectivity index (χ4v) is 3.45. The van der Waals surface area contributed by atoms with Crippen LogP contribution in [0.1, 0.15) is 22.0 Å². The lowest BCUT2D eigenvalue weighted by Gasteiger charge is -2.16. The highest BCUT2D eigenvalue weighted by atomic mass is 79.9. The van der Waals surface area contributed by atoms with Gasteiger partial charge in [-0.05, 0) is 46.7 Å². The molecule has 1 atom stereocenters. The van der Waals surface area contributed by atoms with Crippen molar-refractivity contribution in [1.82, 2.24) is 5.32 Å². The summed E-state index contributed by atoms with van der Waals surface area (Å²) in [5.74, 6) is 0. The van der Waals surface area contributed by atoms with Gasteiger partial charge < -0.3 is 5.32 Å². The molecule has 0 saturated carbocycles. The fourth-order valence-electron chi connectivity index (χ4n) is 1.95. The predicted octanol–water partition coefficient (Wildman–Crippen LogP) is 5.03. The molecule has 0 radical (unpaired) electrons. The number of hydrogen-bond acceptors (Lipinski definition) is 2. The second-order valence-corrected chi connectivity index (χ2v) is 6.31. The number of thiophene rings is 1. The molecular weight excluding hydrogens is 351 g/mol. The highest BCUT2D eigenvalue weighted by molar-refractivity contribution is 9.10. The monoisotopic (exact) mass is 363 g/mol. The topological polar surface area (TPSA) is 12.0 Å². The van der Waals surface area contributed by atoms with Crippen molar-refractivity contribution in [3.05, 3.63) is 56.2 Å². The van der Waals surface area contributed by atoms with Crippen molar-refractivity contribution >= 4 is 27.3 Å². The van der Waals surface area contributed by atoms with E-state index in [0.29, 0.717) is 0 Å². The maximum Gasteiger partial charge on any atom is 0.416 e. The quantitative estimate of drug-likeness (QED) is 0.802. The maximum absolute atomic E-state index is 12.5. The van der Waals surface area contributed by atoms with E-state index >= 15 is 0 Å². The number of nitrogens with one attached hydrogen (secondary N) is 1. The largest absolute Gasteiger partial charge is 0.416 e. The summed E-state index contributed by atoms with van der Waals surface area (Å²) in [5, 5.41) is 5.14. The van der Waals surface area contributed by atoms with Crippen molar-refractivity contribution in [2.24, 2.45) is 0 Å². The molecule has 2 rings (SSSR count). The molecule has 20 heavy (non-hydrogen) atoms. The van der Waals surface area contributed by atoms with Crippen LogP contribution in [-0.4, -0.2) is 7.05 Å². The minimum Gasteiger partial charge on any atom is -0.313 e. The molecule has 6 heteroatoms. The normalized spacial score (nSPS) is 13.4. The molecule has 0 aliphatic rings. The van der Waals surface area contributed by atoms with Gasteiger partial charge in [-0.25, -0.2) is 0 Å². The molecule has 0 amide bonds. The van der Waals surface area contributed by atoms with Gasteiger partial charge in [0.2, 0.25) is 0 Å². The predicted molar refractivity (Wildman–Crippen MR) is 79.0 cm³/mol. The van der Waals surface area contributed by atoms with Gasteiger partial charge >= 0.3 is 6.18 Å². The minimum absolute atomic E-state index is 0.00262. The molecule has 1 heterocycles. The Bertz CT molecular complexity index is 563. The lowest BCUT2D eigenvalue weighted by Crippen LogP contribution is -2.18. The first-order valence-corrected chi connectivity index (χ1v) is 7.64. The van der Waals surface area contributed by atoms with Crippen LogP contribution < -0.4 is 5.32 Å². The van der Waals surface area contributed by atoms with Crippen LogP contribution in [0.4, 0.5) is 13.2 Å². The van der Waals surface area contributed by atoms with E-state index in [0.717, 1.165) is 28.6 Å². The Morgan fingerprint density at radius 3 is 2.35 bits per heavy atom. The van der Waals surface area contributed by atoms with Crippen LogP contribution in [0.2, 0.25) is 0 Å². The average Bonchev–Trinajstić information content (AvgIpc) is 2.81. The summed E-state index contributed by atoms with van der Waals surface area (Å²) in [5.41, 5.74) is 0.236. The lowest BCUT2D eigenvalue weighted by atomic mass is 10.0. The number of hydrogen-bond donors (Lipinski definition) is 1. The highest BCUT2D eigenvalue weighted by Crippen LogP contribution is 2.31. The highest BCUT2D eigenvalue weighted by Gasteiger charge is 2.30. The summed E-state index contributed by atoms with van der Waals surface area (Å²) >= 11 is 5.03. The van der Waals surface area contributed by atoms with Gasteiger partial charge in [-0.3, -0.25) is 0 Å². The third-order valence-corrected chi connectivity index (χ3v) is 4.74. The molecule has 0 aliphatic heterocycles. The van der Waals surface area contributed by atoms with Crippen molar-refractivity contribution in [2.75, 3.05) is 7.05 Å². The Kier molecular flexibility index (Phi) is 4.88. The summed E-state index contributed by atoms with van der Waals surface area (Å²) in [6.07, 6.45) is -3.54. The van der Waals surface area contributed by atoms with Gasteiger partial charge in [0.05, 0.1) is 5.56 Å². The molecule has 1 aromatic heterocycles. The Morgan fingerprint density at radius 2 is 1.90 bits per heavy atom. The summed E-state index contributed by atoms with van der Waals surface area (Å²) in [7, 11) is 1.81. The van der Waals surface area contributed by atoms with Crippen LogP contribution in [-0.2, 0) is 12.6 Å². The molecule has 0 bridgehead atoms. The number of benzene rings is 1. The zero-order valence-electron chi connectivity index (χ0n) is 10.7. The summed E-state index contributed by atoms with van der Waals surface area (Å²) < 4.78 is 38.6. The lowest BCUT2D eigenvalue weighted by molar-refractivity contribution is -0.137. The molecule has 1 nitrogen and oxygen atoms in total. The van der Waals surface area contributed by atoms with Gasteiger partial charge in [-0.2, -0.15) is 13.2 Å². The van der Waals surface area contributed by atoms with Gasteiger partial charge in [0.1, 0.15) is 0 Å². The van der Waals surface area contributed by atoms with Crippen molar-refractivity contribution < 1.29 is 13.2 Å². The van der Waals surface area contributed by atoms with E-state index in [1.807, 2.05) is 18.5 Å². The Morgan fingerprint density at radius 1 is 1.25 bits per heavy atom. The van der Waals surface area contributed by atoms with E-state index in [2.05, 4.69) is 21.2 Å².